The highest BCUT2D eigenvalue weighted by molar-refractivity contribution is 5.72. The van der Waals surface area contributed by atoms with Crippen molar-refractivity contribution in [3.63, 3.8) is 0 Å². The van der Waals surface area contributed by atoms with E-state index in [1.54, 1.807) is 0 Å². The Morgan fingerprint density at radius 2 is 1.89 bits per heavy atom. The van der Waals surface area contributed by atoms with E-state index in [4.69, 9.17) is 0 Å². The normalized spacial score (nSPS) is 18.9. The van der Waals surface area contributed by atoms with E-state index >= 15 is 0 Å². The van der Waals surface area contributed by atoms with E-state index in [2.05, 4.69) is 70.1 Å². The number of nitrogens with one attached hydrogen (secondary N) is 1. The van der Waals surface area contributed by atoms with Crippen LogP contribution in [0.25, 0.3) is 0 Å². The van der Waals surface area contributed by atoms with Crippen molar-refractivity contribution in [3.8, 4) is 0 Å². The van der Waals surface area contributed by atoms with Crippen LogP contribution in [-0.2, 0) is 5.41 Å². The zero-order valence-corrected chi connectivity index (χ0v) is 12.6. The number of hydrogen-bond acceptors (Lipinski definition) is 2. The summed E-state index contributed by atoms with van der Waals surface area (Å²) in [6.45, 7) is 13.5. The number of fused-ring (bicyclic) bond motifs is 1. The van der Waals surface area contributed by atoms with E-state index in [-0.39, 0.29) is 5.41 Å². The van der Waals surface area contributed by atoms with Crippen LogP contribution in [0.5, 0.6) is 0 Å². The van der Waals surface area contributed by atoms with Gasteiger partial charge in [-0.25, -0.2) is 0 Å². The third-order valence-electron chi connectivity index (χ3n) is 3.70. The molecular weight excluding hydrogens is 220 g/mol. The maximum atomic E-state index is 3.58. The second kappa shape index (κ2) is 4.18. The van der Waals surface area contributed by atoms with Gasteiger partial charge in [0.2, 0.25) is 0 Å². The summed E-state index contributed by atoms with van der Waals surface area (Å²) in [6.07, 6.45) is 0. The fourth-order valence-electron chi connectivity index (χ4n) is 2.58. The molecule has 2 heteroatoms. The number of rotatable bonds is 0. The lowest BCUT2D eigenvalue weighted by Gasteiger charge is -2.28. The number of hydrogen-bond donors (Lipinski definition) is 1. The van der Waals surface area contributed by atoms with Crippen molar-refractivity contribution in [2.75, 3.05) is 30.4 Å². The van der Waals surface area contributed by atoms with E-state index < -0.39 is 0 Å². The van der Waals surface area contributed by atoms with Gasteiger partial charge in [-0.15, -0.1) is 0 Å². The second-order valence-electron chi connectivity index (χ2n) is 7.36. The van der Waals surface area contributed by atoms with E-state index in [0.29, 0.717) is 5.41 Å². The zero-order valence-electron chi connectivity index (χ0n) is 12.6. The maximum absolute atomic E-state index is 3.58. The molecule has 0 saturated carbocycles. The van der Waals surface area contributed by atoms with Crippen LogP contribution >= 0.6 is 0 Å². The zero-order chi connectivity index (χ0) is 13.6. The second-order valence-corrected chi connectivity index (χ2v) is 7.36. The largest absolute Gasteiger partial charge is 0.383 e. The van der Waals surface area contributed by atoms with Crippen LogP contribution in [0.1, 0.15) is 40.2 Å². The summed E-state index contributed by atoms with van der Waals surface area (Å²) in [7, 11) is 2.19. The summed E-state index contributed by atoms with van der Waals surface area (Å²) in [6, 6.07) is 6.82. The summed E-state index contributed by atoms with van der Waals surface area (Å²) in [5.74, 6) is 0. The van der Waals surface area contributed by atoms with Crippen molar-refractivity contribution >= 4 is 11.4 Å². The summed E-state index contributed by atoms with van der Waals surface area (Å²) in [5.41, 5.74) is 4.49. The van der Waals surface area contributed by atoms with Gasteiger partial charge in [0.25, 0.3) is 0 Å². The first-order chi connectivity index (χ1) is 8.19. The highest BCUT2D eigenvalue weighted by atomic mass is 15.1. The number of anilines is 2. The molecule has 1 aromatic rings. The topological polar surface area (TPSA) is 15.3 Å². The molecular formula is C16H26N2. The molecule has 100 valence electrons. The molecule has 1 heterocycles. The van der Waals surface area contributed by atoms with Gasteiger partial charge in [0, 0.05) is 20.1 Å². The van der Waals surface area contributed by atoms with Crippen LogP contribution in [0.4, 0.5) is 11.4 Å². The average Bonchev–Trinajstić information content (AvgIpc) is 2.34. The number of benzene rings is 1. The lowest BCUT2D eigenvalue weighted by molar-refractivity contribution is 0.403. The maximum Gasteiger partial charge on any atom is 0.0602 e. The first kappa shape index (κ1) is 13.3. The molecule has 1 N–H and O–H groups in total. The molecule has 1 aromatic carbocycles. The summed E-state index contributed by atoms with van der Waals surface area (Å²) < 4.78 is 0. The van der Waals surface area contributed by atoms with Crippen LogP contribution < -0.4 is 10.2 Å². The fraction of sp³-hybridized carbons (Fsp3) is 0.625. The van der Waals surface area contributed by atoms with E-state index in [0.717, 1.165) is 13.1 Å². The lowest BCUT2D eigenvalue weighted by atomic mass is 9.86. The van der Waals surface area contributed by atoms with E-state index in [9.17, 15) is 0 Å². The Morgan fingerprint density at radius 1 is 1.22 bits per heavy atom. The van der Waals surface area contributed by atoms with Gasteiger partial charge in [0.15, 0.2) is 0 Å². The molecule has 2 rings (SSSR count). The Morgan fingerprint density at radius 3 is 2.50 bits per heavy atom. The highest BCUT2D eigenvalue weighted by Crippen LogP contribution is 2.36. The van der Waals surface area contributed by atoms with Crippen LogP contribution in [0.15, 0.2) is 18.2 Å². The Bertz CT molecular complexity index is 441. The Labute approximate surface area is 111 Å². The van der Waals surface area contributed by atoms with E-state index in [1.807, 2.05) is 0 Å². The molecule has 0 saturated heterocycles. The van der Waals surface area contributed by atoms with Gasteiger partial charge in [-0.3, -0.25) is 0 Å². The van der Waals surface area contributed by atoms with Gasteiger partial charge in [-0.2, -0.15) is 0 Å². The molecule has 2 nitrogen and oxygen atoms in total. The van der Waals surface area contributed by atoms with Crippen molar-refractivity contribution in [2.24, 2.45) is 5.41 Å². The third kappa shape index (κ3) is 2.63. The molecule has 0 bridgehead atoms. The summed E-state index contributed by atoms with van der Waals surface area (Å²) in [5, 5.41) is 3.58. The predicted molar refractivity (Wildman–Crippen MR) is 80.7 cm³/mol. The Balaban J connectivity index is 2.42. The molecule has 0 aliphatic carbocycles. The standard InChI is InChI=1S/C16H26N2/c1-15(2,3)12-7-8-13-14(9-12)18(6)11-16(4,5)10-17-13/h7-9,17H,10-11H2,1-6H3. The lowest BCUT2D eigenvalue weighted by Crippen LogP contribution is -2.33. The third-order valence-corrected chi connectivity index (χ3v) is 3.70. The highest BCUT2D eigenvalue weighted by Gasteiger charge is 2.26. The molecule has 0 spiro atoms. The monoisotopic (exact) mass is 246 g/mol. The van der Waals surface area contributed by atoms with Crippen LogP contribution in [0.2, 0.25) is 0 Å². The molecule has 1 aliphatic heterocycles. The van der Waals surface area contributed by atoms with Crippen molar-refractivity contribution < 1.29 is 0 Å². The number of nitrogens with zero attached hydrogens (tertiary/aromatic N) is 1. The van der Waals surface area contributed by atoms with Crippen LogP contribution in [0.3, 0.4) is 0 Å². The van der Waals surface area contributed by atoms with Crippen molar-refractivity contribution in [1.82, 2.24) is 0 Å². The van der Waals surface area contributed by atoms with Crippen LogP contribution in [-0.4, -0.2) is 20.1 Å². The summed E-state index contributed by atoms with van der Waals surface area (Å²) >= 11 is 0. The van der Waals surface area contributed by atoms with Crippen LogP contribution in [0, 0.1) is 5.41 Å². The molecule has 0 atom stereocenters. The molecule has 0 aromatic heterocycles. The SMILES string of the molecule is CN1CC(C)(C)CNc2ccc(C(C)(C)C)cc21. The molecule has 0 radical (unpaired) electrons. The van der Waals surface area contributed by atoms with Gasteiger partial charge in [-0.1, -0.05) is 40.7 Å². The molecule has 18 heavy (non-hydrogen) atoms. The predicted octanol–water partition coefficient (Wildman–Crippen LogP) is 3.87. The van der Waals surface area contributed by atoms with Gasteiger partial charge in [-0.05, 0) is 28.5 Å². The van der Waals surface area contributed by atoms with Gasteiger partial charge < -0.3 is 10.2 Å². The van der Waals surface area contributed by atoms with Crippen molar-refractivity contribution in [2.45, 2.75) is 40.0 Å². The van der Waals surface area contributed by atoms with Gasteiger partial charge in [0.1, 0.15) is 0 Å². The minimum Gasteiger partial charge on any atom is -0.383 e. The van der Waals surface area contributed by atoms with E-state index in [1.165, 1.54) is 16.9 Å². The summed E-state index contributed by atoms with van der Waals surface area (Å²) in [4.78, 5) is 2.38. The molecule has 1 aliphatic rings. The fourth-order valence-corrected chi connectivity index (χ4v) is 2.58. The molecule has 0 fully saturated rings. The average molecular weight is 246 g/mol. The molecule has 0 unspecified atom stereocenters. The minimum atomic E-state index is 0.206. The smallest absolute Gasteiger partial charge is 0.0602 e. The Kier molecular flexibility index (Phi) is 3.08. The first-order valence-electron chi connectivity index (χ1n) is 6.79. The van der Waals surface area contributed by atoms with Crippen molar-refractivity contribution in [1.29, 1.82) is 0 Å². The molecule has 0 amide bonds. The van der Waals surface area contributed by atoms with Gasteiger partial charge in [0.05, 0.1) is 11.4 Å². The van der Waals surface area contributed by atoms with Gasteiger partial charge >= 0.3 is 0 Å². The minimum absolute atomic E-state index is 0.206. The Hall–Kier alpha value is -1.18. The quantitative estimate of drug-likeness (QED) is 0.747. The first-order valence-corrected chi connectivity index (χ1v) is 6.79. The van der Waals surface area contributed by atoms with Crippen molar-refractivity contribution in [3.05, 3.63) is 23.8 Å².